The SMILES string of the molecule is Cc1ccc(Cn2c(NC3CCCN(CCNc4ncccn4)CC3)nc3ccccc32)o1.O=C(O)C(=O)O.O=C(O)C(=O)O.O=C(O)C(=O)O. The number of hydrogen-bond acceptors (Lipinski definition) is 13. The Morgan fingerprint density at radius 3 is 1.92 bits per heavy atom. The number of aromatic nitrogens is 4. The van der Waals surface area contributed by atoms with Crippen LogP contribution < -0.4 is 10.6 Å². The summed E-state index contributed by atoms with van der Waals surface area (Å²) in [6.45, 7) is 6.66. The summed E-state index contributed by atoms with van der Waals surface area (Å²) in [4.78, 5) is 70.5. The molecule has 0 aliphatic carbocycles. The van der Waals surface area contributed by atoms with Crippen LogP contribution in [0.3, 0.4) is 0 Å². The summed E-state index contributed by atoms with van der Waals surface area (Å²) in [6.07, 6.45) is 6.91. The van der Waals surface area contributed by atoms with E-state index in [2.05, 4.69) is 48.3 Å². The molecular weight excluding hydrogens is 678 g/mol. The number of nitrogens with zero attached hydrogens (tertiary/aromatic N) is 5. The molecule has 0 amide bonds. The van der Waals surface area contributed by atoms with E-state index in [9.17, 15) is 0 Å². The number of aliphatic carboxylic acids is 6. The molecule has 51 heavy (non-hydrogen) atoms. The van der Waals surface area contributed by atoms with Crippen molar-refractivity contribution in [1.82, 2.24) is 24.4 Å². The number of imidazole rings is 1. The Labute approximate surface area is 289 Å². The topological polar surface area (TPSA) is 308 Å². The lowest BCUT2D eigenvalue weighted by Gasteiger charge is -2.21. The number of rotatable bonds is 8. The fourth-order valence-corrected chi connectivity index (χ4v) is 4.49. The fraction of sp³-hybridized carbons (Fsp3) is 0.323. The van der Waals surface area contributed by atoms with Crippen LogP contribution in [0.25, 0.3) is 11.0 Å². The number of carboxylic acids is 6. The van der Waals surface area contributed by atoms with Crippen molar-refractivity contribution in [3.05, 3.63) is 66.4 Å². The maximum Gasteiger partial charge on any atom is 0.414 e. The van der Waals surface area contributed by atoms with Crippen LogP contribution in [0.15, 0.2) is 59.3 Å². The van der Waals surface area contributed by atoms with E-state index in [-0.39, 0.29) is 0 Å². The summed E-state index contributed by atoms with van der Waals surface area (Å²) in [6, 6.07) is 14.6. The van der Waals surface area contributed by atoms with Gasteiger partial charge in [-0.05, 0) is 63.1 Å². The third kappa shape index (κ3) is 15.0. The summed E-state index contributed by atoms with van der Waals surface area (Å²) < 4.78 is 8.09. The zero-order valence-electron chi connectivity index (χ0n) is 27.2. The van der Waals surface area contributed by atoms with Crippen LogP contribution in [0.2, 0.25) is 0 Å². The lowest BCUT2D eigenvalue weighted by Crippen LogP contribution is -2.31. The number of benzene rings is 1. The number of aryl methyl sites for hydroxylation is 1. The first kappa shape index (κ1) is 40.6. The van der Waals surface area contributed by atoms with Crippen LogP contribution in [0.4, 0.5) is 11.9 Å². The van der Waals surface area contributed by atoms with Crippen molar-refractivity contribution >= 4 is 58.7 Å². The fourth-order valence-electron chi connectivity index (χ4n) is 4.49. The highest BCUT2D eigenvalue weighted by atomic mass is 16.5. The molecule has 20 nitrogen and oxygen atoms in total. The first-order valence-electron chi connectivity index (χ1n) is 15.1. The number of furan rings is 1. The minimum atomic E-state index is -1.82. The number of fused-ring (bicyclic) bond motifs is 1. The Morgan fingerprint density at radius 2 is 1.37 bits per heavy atom. The molecule has 5 rings (SSSR count). The quantitative estimate of drug-likeness (QED) is 0.120. The van der Waals surface area contributed by atoms with Crippen molar-refractivity contribution in [2.24, 2.45) is 0 Å². The normalized spacial score (nSPS) is 13.7. The van der Waals surface area contributed by atoms with Gasteiger partial charge in [-0.1, -0.05) is 12.1 Å². The van der Waals surface area contributed by atoms with Crippen LogP contribution >= 0.6 is 0 Å². The first-order chi connectivity index (χ1) is 24.2. The second-order valence-corrected chi connectivity index (χ2v) is 10.5. The van der Waals surface area contributed by atoms with E-state index in [0.717, 1.165) is 73.9 Å². The zero-order valence-corrected chi connectivity index (χ0v) is 27.2. The highest BCUT2D eigenvalue weighted by Crippen LogP contribution is 2.24. The lowest BCUT2D eigenvalue weighted by atomic mass is 10.1. The van der Waals surface area contributed by atoms with Crippen molar-refractivity contribution in [3.63, 3.8) is 0 Å². The molecule has 1 unspecified atom stereocenters. The van der Waals surface area contributed by atoms with E-state index in [1.54, 1.807) is 12.4 Å². The van der Waals surface area contributed by atoms with E-state index in [1.165, 1.54) is 0 Å². The summed E-state index contributed by atoms with van der Waals surface area (Å²) in [5.41, 5.74) is 2.13. The average molecular weight is 716 g/mol. The van der Waals surface area contributed by atoms with Crippen LogP contribution in [-0.4, -0.2) is 123 Å². The highest BCUT2D eigenvalue weighted by molar-refractivity contribution is 6.28. The van der Waals surface area contributed by atoms with Gasteiger partial charge in [0.15, 0.2) is 0 Å². The molecule has 8 N–H and O–H groups in total. The minimum Gasteiger partial charge on any atom is -0.473 e. The second kappa shape index (κ2) is 20.7. The maximum atomic E-state index is 9.10. The van der Waals surface area contributed by atoms with Crippen molar-refractivity contribution in [2.45, 2.75) is 38.8 Å². The van der Waals surface area contributed by atoms with Gasteiger partial charge < -0.3 is 55.2 Å². The third-order valence-corrected chi connectivity index (χ3v) is 6.74. The molecule has 0 spiro atoms. The minimum absolute atomic E-state index is 0.398. The average Bonchev–Trinajstić information content (AvgIpc) is 3.57. The van der Waals surface area contributed by atoms with Gasteiger partial charge in [0.05, 0.1) is 17.6 Å². The summed E-state index contributed by atoms with van der Waals surface area (Å²) in [7, 11) is 0. The molecule has 274 valence electrons. The Morgan fingerprint density at radius 1 is 0.784 bits per heavy atom. The smallest absolute Gasteiger partial charge is 0.414 e. The van der Waals surface area contributed by atoms with E-state index < -0.39 is 35.8 Å². The number of anilines is 2. The number of carboxylic acid groups (broad SMARTS) is 6. The monoisotopic (exact) mass is 715 g/mol. The van der Waals surface area contributed by atoms with E-state index in [1.807, 2.05) is 31.2 Å². The Bertz CT molecular complexity index is 1680. The standard InChI is InChI=1S/C25H31N7O.3C2H2O4/c1-19-9-10-21(33-19)18-32-23-8-3-2-7-22(23)30-25(32)29-20-6-4-15-31(16-11-20)17-14-28-24-26-12-5-13-27-24;3*3-1(4)2(5)6/h2-3,5,7-10,12-13,20H,4,6,11,14-18H2,1H3,(H,29,30)(H,26,27,28);3*(H,3,4)(H,5,6). The summed E-state index contributed by atoms with van der Waals surface area (Å²) >= 11 is 0. The number of likely N-dealkylation sites (tertiary alicyclic amines) is 1. The molecule has 3 aromatic heterocycles. The van der Waals surface area contributed by atoms with Crippen LogP contribution in [0.1, 0.15) is 30.8 Å². The van der Waals surface area contributed by atoms with Gasteiger partial charge in [0.2, 0.25) is 11.9 Å². The predicted molar refractivity (Wildman–Crippen MR) is 176 cm³/mol. The molecule has 0 saturated carbocycles. The van der Waals surface area contributed by atoms with Crippen molar-refractivity contribution < 1.29 is 63.8 Å². The van der Waals surface area contributed by atoms with Gasteiger partial charge in [-0.25, -0.2) is 43.7 Å². The summed E-state index contributed by atoms with van der Waals surface area (Å²) in [5.74, 6) is -7.45. The van der Waals surface area contributed by atoms with Gasteiger partial charge in [0.1, 0.15) is 11.5 Å². The molecule has 1 aromatic carbocycles. The largest absolute Gasteiger partial charge is 0.473 e. The second-order valence-electron chi connectivity index (χ2n) is 10.5. The Kier molecular flexibility index (Phi) is 16.5. The molecule has 1 saturated heterocycles. The Balaban J connectivity index is 0.000000414. The number of hydrogen-bond donors (Lipinski definition) is 8. The van der Waals surface area contributed by atoms with Crippen LogP contribution in [-0.2, 0) is 35.3 Å². The molecule has 0 radical (unpaired) electrons. The molecule has 1 fully saturated rings. The van der Waals surface area contributed by atoms with Crippen LogP contribution in [0.5, 0.6) is 0 Å². The molecule has 1 atom stereocenters. The lowest BCUT2D eigenvalue weighted by molar-refractivity contribution is -0.159. The van der Waals surface area contributed by atoms with Gasteiger partial charge in [0, 0.05) is 38.1 Å². The number of nitrogens with one attached hydrogen (secondary N) is 2. The van der Waals surface area contributed by atoms with E-state index >= 15 is 0 Å². The molecule has 4 heterocycles. The molecule has 1 aliphatic heterocycles. The third-order valence-electron chi connectivity index (χ3n) is 6.74. The molecule has 1 aliphatic rings. The molecule has 4 aromatic rings. The molecule has 20 heteroatoms. The van der Waals surface area contributed by atoms with Crippen molar-refractivity contribution in [2.75, 3.05) is 36.8 Å². The van der Waals surface area contributed by atoms with Gasteiger partial charge in [-0.15, -0.1) is 0 Å². The van der Waals surface area contributed by atoms with Gasteiger partial charge in [-0.3, -0.25) is 0 Å². The maximum absolute atomic E-state index is 9.10. The van der Waals surface area contributed by atoms with E-state index in [0.29, 0.717) is 18.5 Å². The number of para-hydroxylation sites is 2. The highest BCUT2D eigenvalue weighted by Gasteiger charge is 2.20. The molecular formula is C31H37N7O13. The van der Waals surface area contributed by atoms with Crippen molar-refractivity contribution in [1.29, 1.82) is 0 Å². The number of carbonyl (C=O) groups is 6. The Hall–Kier alpha value is -6.57. The van der Waals surface area contributed by atoms with E-state index in [4.69, 9.17) is 68.8 Å². The van der Waals surface area contributed by atoms with Crippen molar-refractivity contribution in [3.8, 4) is 0 Å². The van der Waals surface area contributed by atoms with Gasteiger partial charge in [0.25, 0.3) is 0 Å². The van der Waals surface area contributed by atoms with Gasteiger partial charge >= 0.3 is 35.8 Å². The first-order valence-corrected chi connectivity index (χ1v) is 15.1. The summed E-state index contributed by atoms with van der Waals surface area (Å²) in [5, 5.41) is 51.4. The van der Waals surface area contributed by atoms with Crippen LogP contribution in [0, 0.1) is 6.92 Å². The zero-order chi connectivity index (χ0) is 37.9. The molecule has 0 bridgehead atoms. The van der Waals surface area contributed by atoms with Gasteiger partial charge in [-0.2, -0.15) is 0 Å². The predicted octanol–water partition coefficient (Wildman–Crippen LogP) is 1.62.